The summed E-state index contributed by atoms with van der Waals surface area (Å²) in [6.07, 6.45) is 0. The fourth-order valence-electron chi connectivity index (χ4n) is 1.80. The van der Waals surface area contributed by atoms with Crippen molar-refractivity contribution < 1.29 is 19.0 Å². The summed E-state index contributed by atoms with van der Waals surface area (Å²) in [5.41, 5.74) is 0.430. The van der Waals surface area contributed by atoms with E-state index in [0.717, 1.165) is 5.75 Å². The van der Waals surface area contributed by atoms with Gasteiger partial charge in [0.05, 0.1) is 6.61 Å². The average Bonchev–Trinajstić information content (AvgIpc) is 2.53. The number of para-hydroxylation sites is 2. The van der Waals surface area contributed by atoms with Crippen LogP contribution in [-0.4, -0.2) is 25.8 Å². The maximum absolute atomic E-state index is 12.0. The summed E-state index contributed by atoms with van der Waals surface area (Å²) in [7, 11) is 0. The van der Waals surface area contributed by atoms with E-state index >= 15 is 0 Å². The minimum absolute atomic E-state index is 0.189. The number of rotatable bonds is 7. The lowest BCUT2D eigenvalue weighted by Crippen LogP contribution is -2.13. The molecule has 2 aromatic rings. The van der Waals surface area contributed by atoms with Crippen molar-refractivity contribution >= 4 is 5.97 Å². The fraction of sp³-hybridized carbons (Fsp3) is 0.235. The molecule has 2 rings (SSSR count). The van der Waals surface area contributed by atoms with Crippen LogP contribution in [0.2, 0.25) is 0 Å². The molecule has 110 valence electrons. The van der Waals surface area contributed by atoms with Gasteiger partial charge < -0.3 is 14.2 Å². The van der Waals surface area contributed by atoms with Gasteiger partial charge in [0.15, 0.2) is 0 Å². The Morgan fingerprint density at radius 3 is 2.38 bits per heavy atom. The molecule has 4 nitrogen and oxygen atoms in total. The molecule has 0 aliphatic rings. The van der Waals surface area contributed by atoms with E-state index in [1.165, 1.54) is 0 Å². The number of carbonyl (C=O) groups is 1. The third kappa shape index (κ3) is 4.53. The molecule has 0 heterocycles. The van der Waals surface area contributed by atoms with E-state index in [-0.39, 0.29) is 6.61 Å². The van der Waals surface area contributed by atoms with Gasteiger partial charge in [-0.1, -0.05) is 30.3 Å². The van der Waals surface area contributed by atoms with Crippen molar-refractivity contribution in [3.63, 3.8) is 0 Å². The molecule has 4 heteroatoms. The second kappa shape index (κ2) is 7.94. The van der Waals surface area contributed by atoms with Crippen molar-refractivity contribution in [1.82, 2.24) is 0 Å². The van der Waals surface area contributed by atoms with Gasteiger partial charge in [-0.15, -0.1) is 0 Å². The van der Waals surface area contributed by atoms with Crippen LogP contribution in [0.3, 0.4) is 0 Å². The Kier molecular flexibility index (Phi) is 5.64. The number of ether oxygens (including phenoxy) is 3. The van der Waals surface area contributed by atoms with E-state index in [1.807, 2.05) is 43.3 Å². The van der Waals surface area contributed by atoms with Crippen molar-refractivity contribution in [2.24, 2.45) is 0 Å². The minimum atomic E-state index is -0.407. The van der Waals surface area contributed by atoms with Crippen LogP contribution in [0.15, 0.2) is 54.6 Å². The zero-order valence-corrected chi connectivity index (χ0v) is 12.0. The zero-order chi connectivity index (χ0) is 14.9. The van der Waals surface area contributed by atoms with E-state index in [4.69, 9.17) is 14.2 Å². The van der Waals surface area contributed by atoms with E-state index in [9.17, 15) is 4.79 Å². The lowest BCUT2D eigenvalue weighted by atomic mass is 10.2. The molecule has 0 aliphatic carbocycles. The first-order valence-corrected chi connectivity index (χ1v) is 6.88. The van der Waals surface area contributed by atoms with Crippen LogP contribution < -0.4 is 9.47 Å². The molecule has 0 bridgehead atoms. The van der Waals surface area contributed by atoms with Gasteiger partial charge in [-0.3, -0.25) is 0 Å². The van der Waals surface area contributed by atoms with Gasteiger partial charge in [-0.05, 0) is 31.2 Å². The minimum Gasteiger partial charge on any atom is -0.493 e. The second-order valence-electron chi connectivity index (χ2n) is 4.23. The number of esters is 1. The molecule has 0 atom stereocenters. The lowest BCUT2D eigenvalue weighted by molar-refractivity contribution is 0.0446. The van der Waals surface area contributed by atoms with Gasteiger partial charge in [-0.25, -0.2) is 4.79 Å². The largest absolute Gasteiger partial charge is 0.493 e. The predicted octanol–water partition coefficient (Wildman–Crippen LogP) is 3.32. The van der Waals surface area contributed by atoms with Crippen molar-refractivity contribution in [3.05, 3.63) is 60.2 Å². The van der Waals surface area contributed by atoms with E-state index in [2.05, 4.69) is 0 Å². The highest BCUT2D eigenvalue weighted by Crippen LogP contribution is 2.18. The smallest absolute Gasteiger partial charge is 0.342 e. The predicted molar refractivity (Wildman–Crippen MR) is 79.8 cm³/mol. The molecule has 0 radical (unpaired) electrons. The third-order valence-corrected chi connectivity index (χ3v) is 2.74. The molecule has 21 heavy (non-hydrogen) atoms. The molecule has 0 amide bonds. The fourth-order valence-corrected chi connectivity index (χ4v) is 1.80. The van der Waals surface area contributed by atoms with Crippen LogP contribution in [0, 0.1) is 0 Å². The summed E-state index contributed by atoms with van der Waals surface area (Å²) in [5.74, 6) is 0.882. The topological polar surface area (TPSA) is 44.8 Å². The lowest BCUT2D eigenvalue weighted by Gasteiger charge is -2.10. The average molecular weight is 286 g/mol. The highest BCUT2D eigenvalue weighted by Gasteiger charge is 2.12. The Morgan fingerprint density at radius 2 is 1.62 bits per heavy atom. The van der Waals surface area contributed by atoms with Crippen molar-refractivity contribution in [2.45, 2.75) is 6.92 Å². The number of hydrogen-bond donors (Lipinski definition) is 0. The first kappa shape index (κ1) is 14.9. The second-order valence-corrected chi connectivity index (χ2v) is 4.23. The van der Waals surface area contributed by atoms with Crippen molar-refractivity contribution in [1.29, 1.82) is 0 Å². The van der Waals surface area contributed by atoms with Gasteiger partial charge in [0.2, 0.25) is 0 Å². The Bertz CT molecular complexity index is 566. The normalized spacial score (nSPS) is 9.95. The van der Waals surface area contributed by atoms with Crippen LogP contribution in [0.1, 0.15) is 17.3 Å². The molecule has 0 saturated carbocycles. The Hall–Kier alpha value is -2.49. The monoisotopic (exact) mass is 286 g/mol. The molecule has 0 N–H and O–H groups in total. The number of benzene rings is 2. The SMILES string of the molecule is CCOc1ccccc1C(=O)OCCOc1ccccc1. The molecule has 0 unspecified atom stereocenters. The van der Waals surface area contributed by atoms with Crippen molar-refractivity contribution in [3.8, 4) is 11.5 Å². The Morgan fingerprint density at radius 1 is 0.905 bits per heavy atom. The molecule has 0 fully saturated rings. The molecule has 0 aliphatic heterocycles. The maximum atomic E-state index is 12.0. The summed E-state index contributed by atoms with van der Waals surface area (Å²) >= 11 is 0. The van der Waals surface area contributed by atoms with Gasteiger partial charge >= 0.3 is 5.97 Å². The van der Waals surface area contributed by atoms with Crippen LogP contribution >= 0.6 is 0 Å². The van der Waals surface area contributed by atoms with Crippen LogP contribution in [0.4, 0.5) is 0 Å². The first-order chi connectivity index (χ1) is 10.3. The standard InChI is InChI=1S/C17H18O4/c1-2-19-16-11-7-6-10-15(16)17(18)21-13-12-20-14-8-4-3-5-9-14/h3-11H,2,12-13H2,1H3. The van der Waals surface area contributed by atoms with Gasteiger partial charge in [0.1, 0.15) is 30.3 Å². The van der Waals surface area contributed by atoms with E-state index in [1.54, 1.807) is 18.2 Å². The Labute approximate surface area is 124 Å². The third-order valence-electron chi connectivity index (χ3n) is 2.74. The molecular formula is C17H18O4. The Balaban J connectivity index is 1.82. The summed E-state index contributed by atoms with van der Waals surface area (Å²) < 4.78 is 16.1. The number of carbonyl (C=O) groups excluding carboxylic acids is 1. The molecule has 2 aromatic carbocycles. The van der Waals surface area contributed by atoms with E-state index in [0.29, 0.717) is 24.5 Å². The molecule has 0 aromatic heterocycles. The summed E-state index contributed by atoms with van der Waals surface area (Å²) in [6.45, 7) is 2.87. The molecular weight excluding hydrogens is 268 g/mol. The zero-order valence-electron chi connectivity index (χ0n) is 12.0. The van der Waals surface area contributed by atoms with Crippen molar-refractivity contribution in [2.75, 3.05) is 19.8 Å². The number of hydrogen-bond acceptors (Lipinski definition) is 4. The highest BCUT2D eigenvalue weighted by molar-refractivity contribution is 5.92. The van der Waals surface area contributed by atoms with Gasteiger partial charge in [0.25, 0.3) is 0 Å². The maximum Gasteiger partial charge on any atom is 0.342 e. The summed E-state index contributed by atoms with van der Waals surface area (Å²) in [5, 5.41) is 0. The highest BCUT2D eigenvalue weighted by atomic mass is 16.6. The van der Waals surface area contributed by atoms with E-state index < -0.39 is 5.97 Å². The molecule has 0 saturated heterocycles. The quantitative estimate of drug-likeness (QED) is 0.578. The first-order valence-electron chi connectivity index (χ1n) is 6.88. The molecule has 0 spiro atoms. The summed E-state index contributed by atoms with van der Waals surface area (Å²) in [6, 6.07) is 16.4. The van der Waals surface area contributed by atoms with Gasteiger partial charge in [0, 0.05) is 0 Å². The van der Waals surface area contributed by atoms with Crippen LogP contribution in [0.25, 0.3) is 0 Å². The van der Waals surface area contributed by atoms with Crippen LogP contribution in [-0.2, 0) is 4.74 Å². The summed E-state index contributed by atoms with van der Waals surface area (Å²) in [4.78, 5) is 12.0. The van der Waals surface area contributed by atoms with Gasteiger partial charge in [-0.2, -0.15) is 0 Å². The van der Waals surface area contributed by atoms with Crippen LogP contribution in [0.5, 0.6) is 11.5 Å².